The lowest BCUT2D eigenvalue weighted by molar-refractivity contribution is 0.0829. The summed E-state index contributed by atoms with van der Waals surface area (Å²) in [6.07, 6.45) is 4.65. The van der Waals surface area contributed by atoms with Gasteiger partial charge in [-0.1, -0.05) is 11.6 Å². The number of benzene rings is 1. The zero-order valence-corrected chi connectivity index (χ0v) is 17.4. The Morgan fingerprint density at radius 1 is 1.26 bits per heavy atom. The van der Waals surface area contributed by atoms with Gasteiger partial charge >= 0.3 is 0 Å². The summed E-state index contributed by atoms with van der Waals surface area (Å²) in [5, 5.41) is 8.04. The number of halogens is 1. The minimum Gasteiger partial charge on any atom is -0.491 e. The molecule has 1 unspecified atom stereocenters. The molecular weight excluding hydrogens is 420 g/mol. The Hall–Kier alpha value is -3.26. The van der Waals surface area contributed by atoms with Gasteiger partial charge in [0, 0.05) is 36.4 Å². The van der Waals surface area contributed by atoms with E-state index in [9.17, 15) is 4.79 Å². The molecule has 0 fully saturated rings. The van der Waals surface area contributed by atoms with E-state index in [-0.39, 0.29) is 18.1 Å². The number of aromatic nitrogens is 3. The van der Waals surface area contributed by atoms with Crippen molar-refractivity contribution >= 4 is 17.5 Å². The summed E-state index contributed by atoms with van der Waals surface area (Å²) in [5.74, 6) is 1.86. The number of pyridine rings is 1. The number of carbonyl (C=O) groups is 1. The van der Waals surface area contributed by atoms with Crippen molar-refractivity contribution in [1.29, 1.82) is 0 Å². The second kappa shape index (κ2) is 8.47. The lowest BCUT2D eigenvalue weighted by Gasteiger charge is -2.26. The van der Waals surface area contributed by atoms with Gasteiger partial charge in [0.05, 0.1) is 6.04 Å². The Kier molecular flexibility index (Phi) is 5.38. The average molecular weight is 441 g/mol. The van der Waals surface area contributed by atoms with Gasteiger partial charge in [0.2, 0.25) is 5.88 Å². The Labute approximate surface area is 184 Å². The largest absolute Gasteiger partial charge is 0.491 e. The van der Waals surface area contributed by atoms with E-state index in [1.807, 2.05) is 12.1 Å². The Balaban J connectivity index is 1.19. The zero-order valence-electron chi connectivity index (χ0n) is 16.7. The fraction of sp³-hybridized carbons (Fsp3) is 0.318. The third kappa shape index (κ3) is 4.44. The van der Waals surface area contributed by atoms with Crippen LogP contribution in [0.15, 0.2) is 48.8 Å². The summed E-state index contributed by atoms with van der Waals surface area (Å²) >= 11 is 6.07. The number of nitrogens with zero attached hydrogens (tertiary/aromatic N) is 3. The van der Waals surface area contributed by atoms with Crippen molar-refractivity contribution in [2.24, 2.45) is 0 Å². The van der Waals surface area contributed by atoms with E-state index in [0.29, 0.717) is 42.8 Å². The van der Waals surface area contributed by atoms with Crippen LogP contribution in [0.3, 0.4) is 0 Å². The predicted octanol–water partition coefficient (Wildman–Crippen LogP) is 2.90. The van der Waals surface area contributed by atoms with Gasteiger partial charge in [0.15, 0.2) is 5.69 Å². The van der Waals surface area contributed by atoms with Crippen molar-refractivity contribution in [3.05, 3.63) is 65.1 Å². The summed E-state index contributed by atoms with van der Waals surface area (Å²) in [7, 11) is 0. The highest BCUT2D eigenvalue weighted by Gasteiger charge is 2.27. The minimum atomic E-state index is -0.255. The minimum absolute atomic E-state index is 0.110. The van der Waals surface area contributed by atoms with Gasteiger partial charge in [0.25, 0.3) is 5.91 Å². The van der Waals surface area contributed by atoms with E-state index in [2.05, 4.69) is 15.4 Å². The molecule has 2 atom stereocenters. The molecule has 0 saturated heterocycles. The number of hydrogen-bond donors (Lipinski definition) is 1. The van der Waals surface area contributed by atoms with Gasteiger partial charge < -0.3 is 19.5 Å². The Morgan fingerprint density at radius 3 is 3.00 bits per heavy atom. The number of aryl methyl sites for hydroxylation is 1. The normalized spacial score (nSPS) is 19.4. The summed E-state index contributed by atoms with van der Waals surface area (Å²) in [6.45, 7) is 1.47. The molecule has 0 saturated carbocycles. The first-order valence-electron chi connectivity index (χ1n) is 10.1. The van der Waals surface area contributed by atoms with Crippen LogP contribution < -0.4 is 19.5 Å². The van der Waals surface area contributed by atoms with Crippen LogP contribution in [-0.4, -0.2) is 46.0 Å². The number of amides is 1. The molecule has 1 aromatic carbocycles. The number of fused-ring (bicyclic) bond motifs is 2. The zero-order chi connectivity index (χ0) is 21.2. The summed E-state index contributed by atoms with van der Waals surface area (Å²) in [4.78, 5) is 16.7. The molecule has 1 N–H and O–H groups in total. The highest BCUT2D eigenvalue weighted by molar-refractivity contribution is 6.30. The van der Waals surface area contributed by atoms with Crippen molar-refractivity contribution in [2.75, 3.05) is 13.2 Å². The fourth-order valence-electron chi connectivity index (χ4n) is 3.72. The molecule has 2 aromatic heterocycles. The molecule has 160 valence electrons. The van der Waals surface area contributed by atoms with E-state index in [4.69, 9.17) is 25.8 Å². The second-order valence-corrected chi connectivity index (χ2v) is 7.99. The fourth-order valence-corrected chi connectivity index (χ4v) is 3.91. The molecule has 3 aromatic rings. The van der Waals surface area contributed by atoms with E-state index >= 15 is 0 Å². The van der Waals surface area contributed by atoms with Gasteiger partial charge in [-0.05, 0) is 42.3 Å². The van der Waals surface area contributed by atoms with Gasteiger partial charge in [-0.15, -0.1) is 0 Å². The molecule has 0 aliphatic carbocycles. The van der Waals surface area contributed by atoms with E-state index < -0.39 is 0 Å². The highest BCUT2D eigenvalue weighted by Crippen LogP contribution is 2.28. The average Bonchev–Trinajstić information content (AvgIpc) is 3.22. The lowest BCUT2D eigenvalue weighted by Crippen LogP contribution is -2.42. The van der Waals surface area contributed by atoms with Gasteiger partial charge in [-0.25, -0.2) is 4.68 Å². The van der Waals surface area contributed by atoms with Crippen LogP contribution >= 0.6 is 11.6 Å². The molecule has 2 aliphatic heterocycles. The van der Waals surface area contributed by atoms with E-state index in [1.54, 1.807) is 41.3 Å². The molecule has 0 bridgehead atoms. The number of carbonyl (C=O) groups excluding carboxylic acids is 1. The van der Waals surface area contributed by atoms with Crippen molar-refractivity contribution in [1.82, 2.24) is 20.1 Å². The molecule has 0 spiro atoms. The third-order valence-corrected chi connectivity index (χ3v) is 5.51. The molecule has 4 heterocycles. The first-order chi connectivity index (χ1) is 15.1. The van der Waals surface area contributed by atoms with Crippen molar-refractivity contribution < 1.29 is 19.0 Å². The third-order valence-electron chi connectivity index (χ3n) is 5.28. The van der Waals surface area contributed by atoms with Crippen LogP contribution in [0.25, 0.3) is 0 Å². The van der Waals surface area contributed by atoms with Gasteiger partial charge in [0.1, 0.15) is 30.8 Å². The van der Waals surface area contributed by atoms with E-state index in [1.165, 1.54) is 0 Å². The van der Waals surface area contributed by atoms with Crippen LogP contribution in [0.1, 0.15) is 22.5 Å². The molecule has 0 radical (unpaired) electrons. The summed E-state index contributed by atoms with van der Waals surface area (Å²) < 4.78 is 19.2. The first kappa shape index (κ1) is 19.7. The number of rotatable bonds is 5. The van der Waals surface area contributed by atoms with Crippen LogP contribution in [-0.2, 0) is 13.0 Å². The van der Waals surface area contributed by atoms with Crippen LogP contribution in [0.4, 0.5) is 0 Å². The number of hydrogen-bond acceptors (Lipinski definition) is 6. The van der Waals surface area contributed by atoms with Crippen LogP contribution in [0.2, 0.25) is 5.02 Å². The molecule has 1 amide bonds. The molecule has 9 heteroatoms. The standard InChI is InChI=1S/C22H21ClN4O4/c23-15-1-2-20-14(9-15)10-16(12-30-20)25-22(28)19-11-21-27(26-19)8-5-18(31-21)13-29-17-3-6-24-7-4-17/h1-4,6-7,9,11,16,18H,5,8,10,12-13H2,(H,25,28)/t16-,18?/m1/s1. The Bertz CT molecular complexity index is 1090. The number of nitrogens with one attached hydrogen (secondary N) is 1. The molecule has 31 heavy (non-hydrogen) atoms. The SMILES string of the molecule is O=C(N[C@H]1COc2ccc(Cl)cc2C1)c1cc2n(n1)CCC(COc1ccncc1)O2. The van der Waals surface area contributed by atoms with Gasteiger partial charge in [-0.3, -0.25) is 9.78 Å². The van der Waals surface area contributed by atoms with Crippen molar-refractivity contribution in [3.8, 4) is 17.4 Å². The first-order valence-corrected chi connectivity index (χ1v) is 10.5. The maximum absolute atomic E-state index is 12.7. The van der Waals surface area contributed by atoms with Gasteiger partial charge in [-0.2, -0.15) is 5.10 Å². The quantitative estimate of drug-likeness (QED) is 0.656. The number of ether oxygens (including phenoxy) is 3. The highest BCUT2D eigenvalue weighted by atomic mass is 35.5. The molecule has 5 rings (SSSR count). The maximum Gasteiger partial charge on any atom is 0.272 e. The predicted molar refractivity (Wildman–Crippen MR) is 113 cm³/mol. The topological polar surface area (TPSA) is 87.5 Å². The molecule has 2 aliphatic rings. The monoisotopic (exact) mass is 440 g/mol. The van der Waals surface area contributed by atoms with Crippen molar-refractivity contribution in [3.63, 3.8) is 0 Å². The van der Waals surface area contributed by atoms with Crippen LogP contribution in [0, 0.1) is 0 Å². The second-order valence-electron chi connectivity index (χ2n) is 7.55. The van der Waals surface area contributed by atoms with Crippen LogP contribution in [0.5, 0.6) is 17.4 Å². The van der Waals surface area contributed by atoms with Crippen molar-refractivity contribution in [2.45, 2.75) is 31.5 Å². The maximum atomic E-state index is 12.7. The summed E-state index contributed by atoms with van der Waals surface area (Å²) in [6, 6.07) is 10.6. The molecular formula is C22H21ClN4O4. The summed E-state index contributed by atoms with van der Waals surface area (Å²) in [5.41, 5.74) is 1.30. The van der Waals surface area contributed by atoms with E-state index in [0.717, 1.165) is 23.5 Å². The smallest absolute Gasteiger partial charge is 0.272 e. The molecule has 8 nitrogen and oxygen atoms in total. The lowest BCUT2D eigenvalue weighted by atomic mass is 10.0. The Morgan fingerprint density at radius 2 is 2.13 bits per heavy atom.